The Morgan fingerprint density at radius 1 is 0.917 bits per heavy atom. The number of hydrogen-bond donors (Lipinski definition) is 2. The van der Waals surface area contributed by atoms with Crippen LogP contribution in [0.25, 0.3) is 0 Å². The molecule has 2 heterocycles. The molecular weight excluding hydrogens is 301 g/mol. The summed E-state index contributed by atoms with van der Waals surface area (Å²) in [5, 5.41) is 7.20. The first kappa shape index (κ1) is 15.8. The lowest BCUT2D eigenvalue weighted by molar-refractivity contribution is 0.0948. The van der Waals surface area contributed by atoms with Crippen molar-refractivity contribution in [1.29, 1.82) is 0 Å². The summed E-state index contributed by atoms with van der Waals surface area (Å²) >= 11 is 0. The van der Waals surface area contributed by atoms with Crippen molar-refractivity contribution in [2.24, 2.45) is 17.8 Å². The van der Waals surface area contributed by atoms with Gasteiger partial charge in [-0.2, -0.15) is 0 Å². The number of allylic oxidation sites excluding steroid dienone is 1. The molecule has 134 valence electrons. The Bertz CT molecular complexity index is 503. The number of nitrogens with one attached hydrogen (secondary N) is 2. The molecule has 0 amide bonds. The molecule has 4 heteroatoms. The van der Waals surface area contributed by atoms with Gasteiger partial charge in [-0.05, 0) is 88.2 Å². The quantitative estimate of drug-likeness (QED) is 0.831. The number of fused-ring (bicyclic) bond motifs is 1. The van der Waals surface area contributed by atoms with Crippen molar-refractivity contribution in [3.63, 3.8) is 0 Å². The topological polar surface area (TPSA) is 27.3 Å². The lowest BCUT2D eigenvalue weighted by Gasteiger charge is -2.42. The molecule has 0 bridgehead atoms. The van der Waals surface area contributed by atoms with Crippen molar-refractivity contribution >= 4 is 0 Å². The van der Waals surface area contributed by atoms with E-state index in [2.05, 4.69) is 15.5 Å². The third kappa shape index (κ3) is 2.85. The third-order valence-electron chi connectivity index (χ3n) is 7.60. The lowest BCUT2D eigenvalue weighted by atomic mass is 9.77. The van der Waals surface area contributed by atoms with E-state index in [1.807, 2.05) is 6.08 Å². The summed E-state index contributed by atoms with van der Waals surface area (Å²) in [6, 6.07) is 2.05. The van der Waals surface area contributed by atoms with Gasteiger partial charge in [0.25, 0.3) is 0 Å². The molecule has 5 unspecified atom stereocenters. The average Bonchev–Trinajstić information content (AvgIpc) is 3.15. The van der Waals surface area contributed by atoms with Crippen LogP contribution in [0.2, 0.25) is 0 Å². The largest absolute Gasteiger partial charge is 0.300 e. The molecule has 5 aliphatic rings. The Balaban J connectivity index is 1.28. The van der Waals surface area contributed by atoms with Crippen molar-refractivity contribution < 1.29 is 4.39 Å². The van der Waals surface area contributed by atoms with Gasteiger partial charge >= 0.3 is 0 Å². The molecule has 5 rings (SSSR count). The predicted octanol–water partition coefficient (Wildman–Crippen LogP) is 3.18. The number of halogens is 1. The Hall–Kier alpha value is -0.450. The van der Waals surface area contributed by atoms with E-state index < -0.39 is 0 Å². The van der Waals surface area contributed by atoms with Crippen LogP contribution in [0.3, 0.4) is 0 Å². The molecule has 2 saturated heterocycles. The molecule has 0 aromatic heterocycles. The fourth-order valence-electron chi connectivity index (χ4n) is 6.16. The molecule has 2 saturated carbocycles. The van der Waals surface area contributed by atoms with Crippen molar-refractivity contribution in [3.05, 3.63) is 11.9 Å². The van der Waals surface area contributed by atoms with Crippen LogP contribution in [-0.4, -0.2) is 42.3 Å². The first-order valence-electron chi connectivity index (χ1n) is 10.4. The zero-order chi connectivity index (χ0) is 16.1. The Kier molecular flexibility index (Phi) is 4.19. The molecule has 24 heavy (non-hydrogen) atoms. The molecular formula is C20H32FN3. The van der Waals surface area contributed by atoms with Gasteiger partial charge in [0.2, 0.25) is 0 Å². The van der Waals surface area contributed by atoms with Gasteiger partial charge in [-0.15, -0.1) is 0 Å². The third-order valence-corrected chi connectivity index (χ3v) is 7.60. The van der Waals surface area contributed by atoms with Gasteiger partial charge in [-0.1, -0.05) is 0 Å². The van der Waals surface area contributed by atoms with Crippen LogP contribution in [0.15, 0.2) is 11.9 Å². The molecule has 0 radical (unpaired) electrons. The second-order valence-corrected chi connectivity index (χ2v) is 8.96. The van der Waals surface area contributed by atoms with Gasteiger partial charge in [0.15, 0.2) is 0 Å². The molecule has 3 nitrogen and oxygen atoms in total. The molecule has 0 aromatic rings. The van der Waals surface area contributed by atoms with E-state index >= 15 is 0 Å². The van der Waals surface area contributed by atoms with E-state index in [0.29, 0.717) is 24.0 Å². The fourth-order valence-corrected chi connectivity index (χ4v) is 6.16. The van der Waals surface area contributed by atoms with Crippen LogP contribution in [0.1, 0.15) is 57.8 Å². The maximum Gasteiger partial charge on any atom is 0.113 e. The zero-order valence-electron chi connectivity index (χ0n) is 14.7. The first-order chi connectivity index (χ1) is 11.8. The summed E-state index contributed by atoms with van der Waals surface area (Å²) in [6.07, 6.45) is 13.4. The molecule has 2 aliphatic heterocycles. The number of rotatable bonds is 3. The van der Waals surface area contributed by atoms with Gasteiger partial charge < -0.3 is 10.6 Å². The van der Waals surface area contributed by atoms with Gasteiger partial charge in [-0.3, -0.25) is 4.90 Å². The standard InChI is InChI=1S/C20H32FN3/c21-16-10-14(13-3-4-13)6-8-20(16)24-9-1-2-19(24)15-5-7-17-18(11-15)23-12-22-17/h10,13-15,17-20,22-23H,1-9,11-12H2/t14?,15?,17?,18?,19-,20?/m1/s1. The van der Waals surface area contributed by atoms with E-state index in [1.54, 1.807) is 0 Å². The Morgan fingerprint density at radius 2 is 1.75 bits per heavy atom. The normalized spacial score (nSPS) is 46.8. The molecule has 4 fully saturated rings. The fraction of sp³-hybridized carbons (Fsp3) is 0.900. The van der Waals surface area contributed by atoms with Crippen molar-refractivity contribution in [3.8, 4) is 0 Å². The highest BCUT2D eigenvalue weighted by molar-refractivity contribution is 5.14. The van der Waals surface area contributed by atoms with Gasteiger partial charge in [0.05, 0.1) is 6.04 Å². The first-order valence-corrected chi connectivity index (χ1v) is 10.4. The summed E-state index contributed by atoms with van der Waals surface area (Å²) in [7, 11) is 0. The molecule has 3 aliphatic carbocycles. The van der Waals surface area contributed by atoms with Gasteiger partial charge in [0, 0.05) is 24.8 Å². The monoisotopic (exact) mass is 333 g/mol. The van der Waals surface area contributed by atoms with Crippen LogP contribution in [0.5, 0.6) is 0 Å². The summed E-state index contributed by atoms with van der Waals surface area (Å²) in [4.78, 5) is 2.57. The van der Waals surface area contributed by atoms with E-state index in [9.17, 15) is 4.39 Å². The minimum absolute atomic E-state index is 0.0971. The Morgan fingerprint density at radius 3 is 2.58 bits per heavy atom. The average molecular weight is 333 g/mol. The summed E-state index contributed by atoms with van der Waals surface area (Å²) in [5.74, 6) is 2.32. The second-order valence-electron chi connectivity index (χ2n) is 8.96. The summed E-state index contributed by atoms with van der Waals surface area (Å²) < 4.78 is 14.9. The van der Waals surface area contributed by atoms with Crippen molar-refractivity contribution in [1.82, 2.24) is 15.5 Å². The lowest BCUT2D eigenvalue weighted by Crippen LogP contribution is -2.49. The highest BCUT2D eigenvalue weighted by Crippen LogP contribution is 2.45. The minimum atomic E-state index is 0.0971. The molecule has 6 atom stereocenters. The van der Waals surface area contributed by atoms with Crippen molar-refractivity contribution in [2.45, 2.75) is 82.0 Å². The van der Waals surface area contributed by atoms with E-state index in [4.69, 9.17) is 0 Å². The maximum absolute atomic E-state index is 14.9. The Labute approximate surface area is 145 Å². The van der Waals surface area contributed by atoms with Crippen LogP contribution in [0.4, 0.5) is 4.39 Å². The van der Waals surface area contributed by atoms with Crippen LogP contribution < -0.4 is 10.6 Å². The van der Waals surface area contributed by atoms with Crippen LogP contribution in [0, 0.1) is 17.8 Å². The van der Waals surface area contributed by atoms with E-state index in [0.717, 1.165) is 31.5 Å². The predicted molar refractivity (Wildman–Crippen MR) is 94.2 cm³/mol. The van der Waals surface area contributed by atoms with E-state index in [1.165, 1.54) is 51.4 Å². The zero-order valence-corrected chi connectivity index (χ0v) is 14.7. The number of hydrogen-bond acceptors (Lipinski definition) is 3. The van der Waals surface area contributed by atoms with E-state index in [-0.39, 0.29) is 11.9 Å². The maximum atomic E-state index is 14.9. The molecule has 0 spiro atoms. The SMILES string of the molecule is FC1=CC(C2CC2)CCC1N1CCC[C@@H]1C1CCC2NCNC2C1. The summed E-state index contributed by atoms with van der Waals surface area (Å²) in [6.45, 7) is 2.08. The number of nitrogens with zero attached hydrogens (tertiary/aromatic N) is 1. The van der Waals surface area contributed by atoms with Crippen LogP contribution in [-0.2, 0) is 0 Å². The highest BCUT2D eigenvalue weighted by Gasteiger charge is 2.43. The van der Waals surface area contributed by atoms with Gasteiger partial charge in [0.1, 0.15) is 5.83 Å². The van der Waals surface area contributed by atoms with Gasteiger partial charge in [-0.25, -0.2) is 4.39 Å². The smallest absolute Gasteiger partial charge is 0.113 e. The second kappa shape index (κ2) is 6.37. The minimum Gasteiger partial charge on any atom is -0.300 e. The van der Waals surface area contributed by atoms with Crippen LogP contribution >= 0.6 is 0 Å². The summed E-state index contributed by atoms with van der Waals surface area (Å²) in [5.41, 5.74) is 0. The highest BCUT2D eigenvalue weighted by atomic mass is 19.1. The van der Waals surface area contributed by atoms with Crippen molar-refractivity contribution in [2.75, 3.05) is 13.2 Å². The number of likely N-dealkylation sites (tertiary alicyclic amines) is 1. The molecule has 0 aromatic carbocycles. The molecule has 2 N–H and O–H groups in total.